The average Bonchev–Trinajstić information content (AvgIpc) is 2.92. The Kier molecular flexibility index (Phi) is 5.97. The molecular formula is C20H30N2O3. The molecule has 1 amide bonds. The Hall–Kier alpha value is -1.59. The van der Waals surface area contributed by atoms with Crippen molar-refractivity contribution in [2.75, 3.05) is 47.0 Å². The van der Waals surface area contributed by atoms with Gasteiger partial charge in [0.2, 0.25) is 5.91 Å². The zero-order valence-electron chi connectivity index (χ0n) is 15.5. The van der Waals surface area contributed by atoms with Gasteiger partial charge in [-0.3, -0.25) is 4.79 Å². The van der Waals surface area contributed by atoms with E-state index in [0.717, 1.165) is 63.4 Å². The first-order valence-electron chi connectivity index (χ1n) is 9.26. The monoisotopic (exact) mass is 346 g/mol. The van der Waals surface area contributed by atoms with Crippen molar-refractivity contribution < 1.29 is 14.3 Å². The summed E-state index contributed by atoms with van der Waals surface area (Å²) in [6, 6.07) is 8.02. The number of amides is 1. The van der Waals surface area contributed by atoms with Gasteiger partial charge in [0.15, 0.2) is 0 Å². The lowest BCUT2D eigenvalue weighted by Crippen LogP contribution is -2.42. The van der Waals surface area contributed by atoms with Crippen LogP contribution in [0.2, 0.25) is 0 Å². The molecule has 25 heavy (non-hydrogen) atoms. The minimum Gasteiger partial charge on any atom is -0.497 e. The maximum atomic E-state index is 12.6. The maximum Gasteiger partial charge on any atom is 0.223 e. The van der Waals surface area contributed by atoms with Crippen LogP contribution in [0.1, 0.15) is 31.2 Å². The normalized spacial score (nSPS) is 20.4. The highest BCUT2D eigenvalue weighted by molar-refractivity contribution is 5.79. The number of nitrogens with zero attached hydrogens (tertiary/aromatic N) is 2. The summed E-state index contributed by atoms with van der Waals surface area (Å²) in [6.45, 7) is 5.72. The minimum absolute atomic E-state index is 0.188. The number of likely N-dealkylation sites (tertiary alicyclic amines) is 2. The topological polar surface area (TPSA) is 42.0 Å². The number of carbonyl (C=O) groups is 1. The van der Waals surface area contributed by atoms with Gasteiger partial charge in [0.05, 0.1) is 7.11 Å². The minimum atomic E-state index is 0.188. The van der Waals surface area contributed by atoms with Crippen molar-refractivity contribution in [3.8, 4) is 5.75 Å². The number of hydrogen-bond donors (Lipinski definition) is 0. The molecule has 0 unspecified atom stereocenters. The highest BCUT2D eigenvalue weighted by Crippen LogP contribution is 2.41. The van der Waals surface area contributed by atoms with E-state index in [-0.39, 0.29) is 5.41 Å². The van der Waals surface area contributed by atoms with Crippen molar-refractivity contribution in [3.05, 3.63) is 29.8 Å². The fourth-order valence-corrected chi connectivity index (χ4v) is 4.14. The van der Waals surface area contributed by atoms with Gasteiger partial charge in [-0.2, -0.15) is 0 Å². The third-order valence-electron chi connectivity index (χ3n) is 5.65. The van der Waals surface area contributed by atoms with Crippen LogP contribution in [0.5, 0.6) is 5.75 Å². The Morgan fingerprint density at radius 1 is 1.20 bits per heavy atom. The van der Waals surface area contributed by atoms with Crippen LogP contribution in [0.25, 0.3) is 0 Å². The van der Waals surface area contributed by atoms with E-state index < -0.39 is 0 Å². The van der Waals surface area contributed by atoms with E-state index in [9.17, 15) is 4.79 Å². The Bertz CT molecular complexity index is 582. The van der Waals surface area contributed by atoms with Crippen LogP contribution >= 0.6 is 0 Å². The maximum absolute atomic E-state index is 12.6. The fraction of sp³-hybridized carbons (Fsp3) is 0.650. The van der Waals surface area contributed by atoms with E-state index in [0.29, 0.717) is 18.9 Å². The summed E-state index contributed by atoms with van der Waals surface area (Å²) in [6.07, 6.45) is 4.05. The number of hydrogen-bond acceptors (Lipinski definition) is 4. The molecule has 1 spiro atoms. The Labute approximate surface area is 150 Å². The second kappa shape index (κ2) is 8.19. The first-order valence-corrected chi connectivity index (χ1v) is 9.26. The van der Waals surface area contributed by atoms with Crippen molar-refractivity contribution in [1.82, 2.24) is 9.80 Å². The number of rotatable bonds is 7. The largest absolute Gasteiger partial charge is 0.497 e. The molecule has 3 rings (SSSR count). The molecule has 0 bridgehead atoms. The highest BCUT2D eigenvalue weighted by Gasteiger charge is 2.44. The van der Waals surface area contributed by atoms with Crippen molar-refractivity contribution >= 4 is 5.91 Å². The van der Waals surface area contributed by atoms with E-state index in [4.69, 9.17) is 9.47 Å². The van der Waals surface area contributed by atoms with E-state index >= 15 is 0 Å². The average molecular weight is 346 g/mol. The van der Waals surface area contributed by atoms with Crippen molar-refractivity contribution in [3.63, 3.8) is 0 Å². The number of ether oxygens (including phenoxy) is 2. The second-order valence-corrected chi connectivity index (χ2v) is 7.47. The molecule has 5 nitrogen and oxygen atoms in total. The van der Waals surface area contributed by atoms with Crippen LogP contribution in [-0.4, -0.2) is 62.7 Å². The van der Waals surface area contributed by atoms with Gasteiger partial charge in [0.25, 0.3) is 0 Å². The third kappa shape index (κ3) is 4.53. The standard InChI is InChI=1S/C20H30N2O3/c1-24-12-4-9-21-10-7-20(8-11-21)14-19(23)22(16-20)15-17-5-3-6-18(13-17)25-2/h3,5-6,13H,4,7-12,14-16H2,1-2H3. The molecule has 138 valence electrons. The number of methoxy groups -OCH3 is 2. The molecular weight excluding hydrogens is 316 g/mol. The van der Waals surface area contributed by atoms with Gasteiger partial charge >= 0.3 is 0 Å². The van der Waals surface area contributed by atoms with Gasteiger partial charge in [-0.1, -0.05) is 12.1 Å². The van der Waals surface area contributed by atoms with Gasteiger partial charge < -0.3 is 19.3 Å². The summed E-state index contributed by atoms with van der Waals surface area (Å²) >= 11 is 0. The first kappa shape index (κ1) is 18.2. The van der Waals surface area contributed by atoms with E-state index in [1.165, 1.54) is 0 Å². The molecule has 1 aromatic rings. The Morgan fingerprint density at radius 3 is 2.72 bits per heavy atom. The molecule has 1 aromatic carbocycles. The van der Waals surface area contributed by atoms with Crippen LogP contribution in [0.3, 0.4) is 0 Å². The third-order valence-corrected chi connectivity index (χ3v) is 5.65. The zero-order valence-corrected chi connectivity index (χ0v) is 15.5. The molecule has 0 saturated carbocycles. The number of benzene rings is 1. The predicted octanol–water partition coefficient (Wildman–Crippen LogP) is 2.55. The van der Waals surface area contributed by atoms with E-state index in [1.807, 2.05) is 23.1 Å². The van der Waals surface area contributed by atoms with E-state index in [1.54, 1.807) is 14.2 Å². The smallest absolute Gasteiger partial charge is 0.223 e. The summed E-state index contributed by atoms with van der Waals surface area (Å²) in [7, 11) is 3.43. The zero-order chi connectivity index (χ0) is 17.7. The van der Waals surface area contributed by atoms with Gasteiger partial charge in [0, 0.05) is 39.8 Å². The molecule has 2 saturated heterocycles. The molecule has 0 atom stereocenters. The van der Waals surface area contributed by atoms with E-state index in [2.05, 4.69) is 11.0 Å². The molecule has 2 aliphatic heterocycles. The molecule has 0 aliphatic carbocycles. The van der Waals surface area contributed by atoms with Gasteiger partial charge in [-0.25, -0.2) is 0 Å². The first-order chi connectivity index (χ1) is 12.1. The SMILES string of the molecule is COCCCN1CCC2(CC1)CC(=O)N(Cc1cccc(OC)c1)C2. The number of piperidine rings is 1. The van der Waals surface area contributed by atoms with Crippen LogP contribution < -0.4 is 4.74 Å². The Balaban J connectivity index is 1.54. The number of carbonyl (C=O) groups excluding carboxylic acids is 1. The lowest BCUT2D eigenvalue weighted by Gasteiger charge is -2.38. The van der Waals surface area contributed by atoms with Crippen LogP contribution in [0.15, 0.2) is 24.3 Å². The summed E-state index contributed by atoms with van der Waals surface area (Å²) < 4.78 is 10.4. The quantitative estimate of drug-likeness (QED) is 0.712. The van der Waals surface area contributed by atoms with Gasteiger partial charge in [-0.05, 0) is 55.5 Å². The van der Waals surface area contributed by atoms with Crippen molar-refractivity contribution in [2.45, 2.75) is 32.2 Å². The molecule has 0 N–H and O–H groups in total. The van der Waals surface area contributed by atoms with Crippen LogP contribution in [0, 0.1) is 5.41 Å². The molecule has 0 aromatic heterocycles. The van der Waals surface area contributed by atoms with Gasteiger partial charge in [0.1, 0.15) is 5.75 Å². The summed E-state index contributed by atoms with van der Waals surface area (Å²) in [4.78, 5) is 17.1. The lowest BCUT2D eigenvalue weighted by atomic mass is 9.77. The highest BCUT2D eigenvalue weighted by atomic mass is 16.5. The Morgan fingerprint density at radius 2 is 2.00 bits per heavy atom. The summed E-state index contributed by atoms with van der Waals surface area (Å²) in [5.41, 5.74) is 1.33. The molecule has 2 heterocycles. The van der Waals surface area contributed by atoms with Crippen LogP contribution in [0.4, 0.5) is 0 Å². The molecule has 0 radical (unpaired) electrons. The van der Waals surface area contributed by atoms with Crippen LogP contribution in [-0.2, 0) is 16.1 Å². The second-order valence-electron chi connectivity index (χ2n) is 7.47. The lowest BCUT2D eigenvalue weighted by molar-refractivity contribution is -0.128. The summed E-state index contributed by atoms with van der Waals surface area (Å²) in [5, 5.41) is 0. The van der Waals surface area contributed by atoms with Gasteiger partial charge in [-0.15, -0.1) is 0 Å². The van der Waals surface area contributed by atoms with Crippen molar-refractivity contribution in [1.29, 1.82) is 0 Å². The predicted molar refractivity (Wildman–Crippen MR) is 97.6 cm³/mol. The molecule has 5 heteroatoms. The molecule has 2 fully saturated rings. The van der Waals surface area contributed by atoms with Crippen molar-refractivity contribution in [2.24, 2.45) is 5.41 Å². The summed E-state index contributed by atoms with van der Waals surface area (Å²) in [5.74, 6) is 1.15. The molecule has 2 aliphatic rings. The fourth-order valence-electron chi connectivity index (χ4n) is 4.14.